The predicted octanol–water partition coefficient (Wildman–Crippen LogP) is 5.28. The summed E-state index contributed by atoms with van der Waals surface area (Å²) in [4.78, 5) is 23.1. The van der Waals surface area contributed by atoms with Crippen molar-refractivity contribution in [1.29, 1.82) is 0 Å². The highest BCUT2D eigenvalue weighted by Crippen LogP contribution is 2.21. The Balaban J connectivity index is 4.49. The highest BCUT2D eigenvalue weighted by atomic mass is 16.5. The summed E-state index contributed by atoms with van der Waals surface area (Å²) >= 11 is 0. The molecule has 0 saturated carbocycles. The molecule has 0 aromatic rings. The first-order valence-corrected chi connectivity index (χ1v) is 10.6. The number of hydrogen-bond donors (Lipinski definition) is 2. The number of unbranched alkanes of at least 4 members (excludes halogenated alkanes) is 5. The van der Waals surface area contributed by atoms with Crippen LogP contribution < -0.4 is 0 Å². The monoisotopic (exact) mass is 396 g/mol. The summed E-state index contributed by atoms with van der Waals surface area (Å²) < 4.78 is 4.63. The number of allylic oxidation sites excluding steroid dienone is 3. The number of Topliss-reactive ketones (excluding diaryl/α,β-unsaturated/α-hetero) is 1. The van der Waals surface area contributed by atoms with E-state index in [1.54, 1.807) is 6.08 Å². The van der Waals surface area contributed by atoms with Crippen molar-refractivity contribution in [1.82, 2.24) is 0 Å². The number of ketones is 1. The lowest BCUT2D eigenvalue weighted by molar-refractivity contribution is -0.139. The largest absolute Gasteiger partial charge is 0.512 e. The molecular formula is C23H40O5. The molecule has 0 fully saturated rings. The number of carbonyl (C=O) groups is 2. The third-order valence-electron chi connectivity index (χ3n) is 5.04. The Kier molecular flexibility index (Phi) is 14.4. The molecule has 0 spiro atoms. The van der Waals surface area contributed by atoms with Crippen LogP contribution in [0.4, 0.5) is 0 Å². The fraction of sp³-hybridized carbons (Fsp3) is 0.739. The van der Waals surface area contributed by atoms with E-state index in [2.05, 4.69) is 11.7 Å². The zero-order valence-electron chi connectivity index (χ0n) is 18.4. The number of carbonyl (C=O) groups excluding carboxylic acids is 2. The van der Waals surface area contributed by atoms with Gasteiger partial charge >= 0.3 is 5.97 Å². The van der Waals surface area contributed by atoms with E-state index in [-0.39, 0.29) is 17.4 Å². The second-order valence-corrected chi connectivity index (χ2v) is 7.77. The topological polar surface area (TPSA) is 83.8 Å². The number of hydrogen-bond acceptors (Lipinski definition) is 5. The number of ether oxygens (including phenoxy) is 1. The number of aliphatic hydroxyl groups excluding tert-OH is 2. The maximum Gasteiger partial charge on any atom is 0.336 e. The molecule has 0 amide bonds. The Morgan fingerprint density at radius 3 is 2.21 bits per heavy atom. The molecule has 0 aromatic heterocycles. The average Bonchev–Trinajstić information content (AvgIpc) is 2.66. The third kappa shape index (κ3) is 11.3. The molecule has 0 rings (SSSR count). The number of esters is 1. The fourth-order valence-corrected chi connectivity index (χ4v) is 3.06. The van der Waals surface area contributed by atoms with Crippen LogP contribution in [-0.2, 0) is 14.3 Å². The van der Waals surface area contributed by atoms with E-state index in [1.807, 2.05) is 19.9 Å². The van der Waals surface area contributed by atoms with Crippen LogP contribution in [0.1, 0.15) is 85.5 Å². The molecule has 162 valence electrons. The van der Waals surface area contributed by atoms with Gasteiger partial charge in [-0.3, -0.25) is 4.79 Å². The molecule has 5 heteroatoms. The van der Waals surface area contributed by atoms with Crippen LogP contribution in [-0.4, -0.2) is 35.2 Å². The number of methoxy groups -OCH3 is 1. The van der Waals surface area contributed by atoms with E-state index in [9.17, 15) is 19.8 Å². The Labute approximate surface area is 170 Å². The molecule has 0 aliphatic heterocycles. The third-order valence-corrected chi connectivity index (χ3v) is 5.04. The van der Waals surface area contributed by atoms with E-state index in [0.717, 1.165) is 12.8 Å². The van der Waals surface area contributed by atoms with Crippen LogP contribution in [0.5, 0.6) is 0 Å². The highest BCUT2D eigenvalue weighted by Gasteiger charge is 2.22. The van der Waals surface area contributed by atoms with Crippen LogP contribution >= 0.6 is 0 Å². The molecule has 0 unspecified atom stereocenters. The summed E-state index contributed by atoms with van der Waals surface area (Å²) in [6, 6.07) is 0. The lowest BCUT2D eigenvalue weighted by Crippen LogP contribution is -2.25. The molecule has 0 aliphatic carbocycles. The van der Waals surface area contributed by atoms with Crippen molar-refractivity contribution in [2.75, 3.05) is 7.11 Å². The van der Waals surface area contributed by atoms with Gasteiger partial charge in [-0.05, 0) is 38.2 Å². The summed E-state index contributed by atoms with van der Waals surface area (Å²) in [6.07, 6.45) is 11.6. The molecule has 0 saturated heterocycles. The van der Waals surface area contributed by atoms with E-state index < -0.39 is 17.9 Å². The molecule has 28 heavy (non-hydrogen) atoms. The van der Waals surface area contributed by atoms with Gasteiger partial charge in [-0.15, -0.1) is 0 Å². The molecule has 0 bridgehead atoms. The first-order chi connectivity index (χ1) is 13.2. The summed E-state index contributed by atoms with van der Waals surface area (Å²) in [7, 11) is 1.22. The second-order valence-electron chi connectivity index (χ2n) is 7.77. The lowest BCUT2D eigenvalue weighted by Gasteiger charge is -2.14. The zero-order chi connectivity index (χ0) is 21.5. The Morgan fingerprint density at radius 2 is 1.64 bits per heavy atom. The number of aliphatic hydroxyl groups is 2. The minimum Gasteiger partial charge on any atom is -0.512 e. The molecule has 2 N–H and O–H groups in total. The normalized spacial score (nSPS) is 15.8. The highest BCUT2D eigenvalue weighted by molar-refractivity contribution is 5.98. The van der Waals surface area contributed by atoms with Crippen molar-refractivity contribution < 1.29 is 24.5 Å². The zero-order valence-corrected chi connectivity index (χ0v) is 18.4. The van der Waals surface area contributed by atoms with Crippen molar-refractivity contribution >= 4 is 11.8 Å². The van der Waals surface area contributed by atoms with Crippen LogP contribution in [0.15, 0.2) is 23.5 Å². The van der Waals surface area contributed by atoms with Crippen LogP contribution in [0.2, 0.25) is 0 Å². The van der Waals surface area contributed by atoms with Gasteiger partial charge in [0.15, 0.2) is 5.78 Å². The molecular weight excluding hydrogens is 356 g/mol. The molecule has 3 atom stereocenters. The van der Waals surface area contributed by atoms with Crippen LogP contribution in [0.3, 0.4) is 0 Å². The van der Waals surface area contributed by atoms with E-state index in [4.69, 9.17) is 0 Å². The second kappa shape index (κ2) is 15.3. The molecule has 0 aliphatic rings. The van der Waals surface area contributed by atoms with E-state index in [1.165, 1.54) is 46.1 Å². The fourth-order valence-electron chi connectivity index (χ4n) is 3.06. The van der Waals surface area contributed by atoms with Gasteiger partial charge in [-0.1, -0.05) is 65.4 Å². The van der Waals surface area contributed by atoms with Gasteiger partial charge in [0, 0.05) is 5.92 Å². The maximum absolute atomic E-state index is 11.7. The minimum absolute atomic E-state index is 0.0214. The first kappa shape index (κ1) is 26.4. The van der Waals surface area contributed by atoms with Gasteiger partial charge in [-0.25, -0.2) is 4.79 Å². The Bertz CT molecular complexity index is 521. The van der Waals surface area contributed by atoms with Crippen LogP contribution in [0, 0.1) is 11.8 Å². The quantitative estimate of drug-likeness (QED) is 0.170. The predicted molar refractivity (Wildman–Crippen MR) is 113 cm³/mol. The van der Waals surface area contributed by atoms with E-state index in [0.29, 0.717) is 18.6 Å². The Morgan fingerprint density at radius 1 is 1.04 bits per heavy atom. The first-order valence-electron chi connectivity index (χ1n) is 10.6. The summed E-state index contributed by atoms with van der Waals surface area (Å²) in [5, 5.41) is 20.2. The van der Waals surface area contributed by atoms with Gasteiger partial charge in [0.25, 0.3) is 0 Å². The standard InChI is InChI=1S/C23H40O5/c1-6-7-8-9-10-11-14-18(3)21(25)16-17(2)13-12-15-20(23(27)28-5)22(26)19(4)24/h15-18,22,25-26H,6-14H2,1-5H3/b20-15-,21-16-/t17-,18-,22-/m0/s1. The molecule has 0 radical (unpaired) electrons. The van der Waals surface area contributed by atoms with E-state index >= 15 is 0 Å². The van der Waals surface area contributed by atoms with Gasteiger partial charge in [0.2, 0.25) is 0 Å². The molecule has 0 aromatic carbocycles. The maximum atomic E-state index is 11.7. The van der Waals surface area contributed by atoms with Gasteiger partial charge in [0.05, 0.1) is 18.4 Å². The van der Waals surface area contributed by atoms with Crippen molar-refractivity contribution in [2.45, 2.75) is 91.6 Å². The summed E-state index contributed by atoms with van der Waals surface area (Å²) in [5.41, 5.74) is -0.0214. The summed E-state index contributed by atoms with van der Waals surface area (Å²) in [5.74, 6) is -0.500. The Hall–Kier alpha value is -1.62. The summed E-state index contributed by atoms with van der Waals surface area (Å²) in [6.45, 7) is 7.49. The molecule has 5 nitrogen and oxygen atoms in total. The van der Waals surface area contributed by atoms with Crippen molar-refractivity contribution in [2.24, 2.45) is 11.8 Å². The van der Waals surface area contributed by atoms with Gasteiger partial charge in [-0.2, -0.15) is 0 Å². The SMILES string of the molecule is CCCCCCCC[C@H](C)/C(O)=C/[C@@H](C)CC/C=C(\C(=O)OC)[C@@H](O)C(C)=O. The smallest absolute Gasteiger partial charge is 0.336 e. The van der Waals surface area contributed by atoms with Crippen molar-refractivity contribution in [3.63, 3.8) is 0 Å². The van der Waals surface area contributed by atoms with Crippen LogP contribution in [0.25, 0.3) is 0 Å². The van der Waals surface area contributed by atoms with Crippen molar-refractivity contribution in [3.8, 4) is 0 Å². The van der Waals surface area contributed by atoms with Gasteiger partial charge in [0.1, 0.15) is 6.10 Å². The van der Waals surface area contributed by atoms with Gasteiger partial charge < -0.3 is 14.9 Å². The van der Waals surface area contributed by atoms with Crippen molar-refractivity contribution in [3.05, 3.63) is 23.5 Å². The lowest BCUT2D eigenvalue weighted by atomic mass is 9.95. The average molecular weight is 397 g/mol. The number of rotatable bonds is 15. The minimum atomic E-state index is -1.45. The molecule has 0 heterocycles.